The highest BCUT2D eigenvalue weighted by atomic mass is 19.4. The molecule has 20 heavy (non-hydrogen) atoms. The smallest absolute Gasteiger partial charge is 0.401 e. The second-order valence-corrected chi connectivity index (χ2v) is 5.42. The molecule has 0 bridgehead atoms. The molecule has 0 saturated heterocycles. The average Bonchev–Trinajstić information content (AvgIpc) is 3.16. The molecule has 1 unspecified atom stereocenters. The molecular formula is C13H23F3N2O2. The molecular weight excluding hydrogens is 273 g/mol. The normalized spacial score (nSPS) is 18.9. The van der Waals surface area contributed by atoms with Crippen molar-refractivity contribution in [3.05, 3.63) is 0 Å². The van der Waals surface area contributed by atoms with Crippen molar-refractivity contribution < 1.29 is 22.7 Å². The Morgan fingerprint density at radius 3 is 2.40 bits per heavy atom. The molecule has 1 aliphatic rings. The lowest BCUT2D eigenvalue weighted by Crippen LogP contribution is -2.52. The second-order valence-electron chi connectivity index (χ2n) is 5.42. The number of alkyl halides is 3. The van der Waals surface area contributed by atoms with E-state index in [4.69, 9.17) is 4.74 Å². The van der Waals surface area contributed by atoms with Crippen molar-refractivity contribution in [2.45, 2.75) is 50.9 Å². The van der Waals surface area contributed by atoms with Gasteiger partial charge in [-0.25, -0.2) is 0 Å². The Labute approximate surface area is 117 Å². The van der Waals surface area contributed by atoms with E-state index in [9.17, 15) is 18.0 Å². The van der Waals surface area contributed by atoms with Gasteiger partial charge in [0.2, 0.25) is 0 Å². The lowest BCUT2D eigenvalue weighted by Gasteiger charge is -2.31. The quantitative estimate of drug-likeness (QED) is 0.695. The Kier molecular flexibility index (Phi) is 5.82. The van der Waals surface area contributed by atoms with E-state index in [0.717, 1.165) is 12.8 Å². The van der Waals surface area contributed by atoms with E-state index in [1.807, 2.05) is 6.92 Å². The molecule has 0 amide bonds. The second kappa shape index (κ2) is 6.76. The molecule has 1 fully saturated rings. The van der Waals surface area contributed by atoms with E-state index >= 15 is 0 Å². The molecule has 1 aliphatic carbocycles. The van der Waals surface area contributed by atoms with Crippen molar-refractivity contribution in [1.29, 1.82) is 0 Å². The molecule has 0 aromatic heterocycles. The lowest BCUT2D eigenvalue weighted by molar-refractivity contribution is -0.151. The fourth-order valence-electron chi connectivity index (χ4n) is 2.31. The summed E-state index contributed by atoms with van der Waals surface area (Å²) >= 11 is 0. The van der Waals surface area contributed by atoms with Crippen LogP contribution in [0, 0.1) is 0 Å². The van der Waals surface area contributed by atoms with Crippen molar-refractivity contribution in [3.63, 3.8) is 0 Å². The molecule has 0 aromatic carbocycles. The SMILES string of the molecule is CCNC(C)(CCN(CC(F)(F)F)C1CC1)C(=O)OC. The number of esters is 1. The first-order valence-electron chi connectivity index (χ1n) is 6.86. The average molecular weight is 296 g/mol. The number of rotatable bonds is 8. The van der Waals surface area contributed by atoms with Crippen LogP contribution in [0.25, 0.3) is 0 Å². The maximum atomic E-state index is 12.5. The molecule has 118 valence electrons. The first kappa shape index (κ1) is 17.2. The summed E-state index contributed by atoms with van der Waals surface area (Å²) in [5, 5.41) is 3.00. The van der Waals surface area contributed by atoms with E-state index in [1.165, 1.54) is 12.0 Å². The summed E-state index contributed by atoms with van der Waals surface area (Å²) in [6.45, 7) is 3.37. The van der Waals surface area contributed by atoms with Crippen LogP contribution in [0.5, 0.6) is 0 Å². The van der Waals surface area contributed by atoms with Crippen LogP contribution in [0.3, 0.4) is 0 Å². The number of likely N-dealkylation sites (N-methyl/N-ethyl adjacent to an activating group) is 1. The van der Waals surface area contributed by atoms with Crippen molar-refractivity contribution in [2.24, 2.45) is 0 Å². The van der Waals surface area contributed by atoms with Gasteiger partial charge in [-0.1, -0.05) is 6.92 Å². The number of halogens is 3. The Hall–Kier alpha value is -0.820. The Balaban J connectivity index is 2.61. The summed E-state index contributed by atoms with van der Waals surface area (Å²) in [5.74, 6) is -0.442. The van der Waals surface area contributed by atoms with Crippen LogP contribution in [-0.2, 0) is 9.53 Å². The number of carbonyl (C=O) groups is 1. The molecule has 0 aromatic rings. The maximum Gasteiger partial charge on any atom is 0.401 e. The number of nitrogens with one attached hydrogen (secondary N) is 1. The molecule has 0 heterocycles. The molecule has 1 N–H and O–H groups in total. The topological polar surface area (TPSA) is 41.6 Å². The van der Waals surface area contributed by atoms with Crippen LogP contribution in [0.2, 0.25) is 0 Å². The van der Waals surface area contributed by atoms with Crippen LogP contribution in [0.15, 0.2) is 0 Å². The van der Waals surface area contributed by atoms with Gasteiger partial charge in [-0.2, -0.15) is 13.2 Å². The van der Waals surface area contributed by atoms with Crippen LogP contribution < -0.4 is 5.32 Å². The van der Waals surface area contributed by atoms with Gasteiger partial charge in [0.1, 0.15) is 5.54 Å². The van der Waals surface area contributed by atoms with Crippen molar-refractivity contribution in [3.8, 4) is 0 Å². The van der Waals surface area contributed by atoms with E-state index in [-0.39, 0.29) is 12.6 Å². The Morgan fingerprint density at radius 2 is 2.00 bits per heavy atom. The third-order valence-corrected chi connectivity index (χ3v) is 3.55. The van der Waals surface area contributed by atoms with Crippen LogP contribution in [-0.4, -0.2) is 55.4 Å². The number of methoxy groups -OCH3 is 1. The first-order valence-corrected chi connectivity index (χ1v) is 6.86. The third kappa shape index (κ3) is 5.28. The number of ether oxygens (including phenoxy) is 1. The highest BCUT2D eigenvalue weighted by molar-refractivity contribution is 5.80. The summed E-state index contributed by atoms with van der Waals surface area (Å²) in [4.78, 5) is 13.2. The van der Waals surface area contributed by atoms with Crippen LogP contribution in [0.4, 0.5) is 13.2 Å². The molecule has 1 rings (SSSR count). The summed E-state index contributed by atoms with van der Waals surface area (Å²) in [6.07, 6.45) is -2.32. The van der Waals surface area contributed by atoms with Crippen molar-refractivity contribution in [1.82, 2.24) is 10.2 Å². The molecule has 0 spiro atoms. The minimum absolute atomic E-state index is 0.000137. The maximum absolute atomic E-state index is 12.5. The van der Waals surface area contributed by atoms with Gasteiger partial charge in [0.15, 0.2) is 0 Å². The largest absolute Gasteiger partial charge is 0.468 e. The summed E-state index contributed by atoms with van der Waals surface area (Å²) in [6, 6.07) is 0.000137. The minimum atomic E-state index is -4.21. The first-order chi connectivity index (χ1) is 9.22. The van der Waals surface area contributed by atoms with Gasteiger partial charge in [0, 0.05) is 12.6 Å². The fraction of sp³-hybridized carbons (Fsp3) is 0.923. The summed E-state index contributed by atoms with van der Waals surface area (Å²) < 4.78 is 42.3. The van der Waals surface area contributed by atoms with Gasteiger partial charge in [-0.3, -0.25) is 9.69 Å². The Morgan fingerprint density at radius 1 is 1.40 bits per heavy atom. The number of hydrogen-bond acceptors (Lipinski definition) is 4. The summed E-state index contributed by atoms with van der Waals surface area (Å²) in [5.41, 5.74) is -0.942. The zero-order chi connectivity index (χ0) is 15.4. The van der Waals surface area contributed by atoms with Gasteiger partial charge >= 0.3 is 12.1 Å². The molecule has 4 nitrogen and oxygen atoms in total. The summed E-state index contributed by atoms with van der Waals surface area (Å²) in [7, 11) is 1.28. The van der Waals surface area contributed by atoms with Crippen LogP contribution in [0.1, 0.15) is 33.1 Å². The molecule has 0 radical (unpaired) electrons. The van der Waals surface area contributed by atoms with E-state index in [0.29, 0.717) is 13.0 Å². The number of carbonyl (C=O) groups excluding carboxylic acids is 1. The van der Waals surface area contributed by atoms with Gasteiger partial charge < -0.3 is 10.1 Å². The molecule has 7 heteroatoms. The van der Waals surface area contributed by atoms with Gasteiger partial charge in [0.05, 0.1) is 13.7 Å². The number of nitrogens with zero attached hydrogens (tertiary/aromatic N) is 1. The predicted molar refractivity (Wildman–Crippen MR) is 69.4 cm³/mol. The number of hydrogen-bond donors (Lipinski definition) is 1. The minimum Gasteiger partial charge on any atom is -0.468 e. The molecule has 1 atom stereocenters. The Bertz CT molecular complexity index is 332. The zero-order valence-electron chi connectivity index (χ0n) is 12.2. The fourth-order valence-corrected chi connectivity index (χ4v) is 2.31. The van der Waals surface area contributed by atoms with Crippen molar-refractivity contribution >= 4 is 5.97 Å². The highest BCUT2D eigenvalue weighted by Gasteiger charge is 2.40. The van der Waals surface area contributed by atoms with Crippen molar-refractivity contribution in [2.75, 3.05) is 26.7 Å². The van der Waals surface area contributed by atoms with E-state index in [2.05, 4.69) is 5.32 Å². The standard InChI is InChI=1S/C13H23F3N2O2/c1-4-17-12(2,11(19)20-3)7-8-18(10-5-6-10)9-13(14,15)16/h10,17H,4-9H2,1-3H3. The predicted octanol–water partition coefficient (Wildman–Crippen LogP) is 1.94. The van der Waals surface area contributed by atoms with E-state index in [1.54, 1.807) is 6.92 Å². The van der Waals surface area contributed by atoms with Crippen LogP contribution >= 0.6 is 0 Å². The zero-order valence-corrected chi connectivity index (χ0v) is 12.2. The molecule has 0 aliphatic heterocycles. The third-order valence-electron chi connectivity index (χ3n) is 3.55. The van der Waals surface area contributed by atoms with Gasteiger partial charge in [0.25, 0.3) is 0 Å². The monoisotopic (exact) mass is 296 g/mol. The van der Waals surface area contributed by atoms with Gasteiger partial charge in [-0.05, 0) is 32.7 Å². The van der Waals surface area contributed by atoms with E-state index < -0.39 is 24.2 Å². The lowest BCUT2D eigenvalue weighted by atomic mass is 9.97. The highest BCUT2D eigenvalue weighted by Crippen LogP contribution is 2.31. The molecule has 1 saturated carbocycles. The van der Waals surface area contributed by atoms with Gasteiger partial charge in [-0.15, -0.1) is 0 Å².